The Morgan fingerprint density at radius 2 is 1.90 bits per heavy atom. The van der Waals surface area contributed by atoms with Gasteiger partial charge in [0.25, 0.3) is 0 Å². The van der Waals surface area contributed by atoms with Gasteiger partial charge in [0.1, 0.15) is 0 Å². The molecule has 1 unspecified atom stereocenters. The Morgan fingerprint density at radius 1 is 1.19 bits per heavy atom. The van der Waals surface area contributed by atoms with E-state index >= 15 is 0 Å². The van der Waals surface area contributed by atoms with E-state index in [-0.39, 0.29) is 0 Å². The van der Waals surface area contributed by atoms with Crippen molar-refractivity contribution in [3.05, 3.63) is 35.4 Å². The maximum absolute atomic E-state index is 12.3. The highest BCUT2D eigenvalue weighted by Gasteiger charge is 2.38. The van der Waals surface area contributed by atoms with E-state index in [4.69, 9.17) is 0 Å². The molecular weight excluding hydrogens is 260 g/mol. The summed E-state index contributed by atoms with van der Waals surface area (Å²) in [6.45, 7) is 4.30. The van der Waals surface area contributed by atoms with Crippen LogP contribution in [0.15, 0.2) is 24.3 Å². The molecule has 0 radical (unpaired) electrons. The normalized spacial score (nSPS) is 22.0. The first kappa shape index (κ1) is 14.6. The lowest BCUT2D eigenvalue weighted by Crippen LogP contribution is -2.43. The second-order valence-corrected chi connectivity index (χ2v) is 6.36. The van der Waals surface area contributed by atoms with Crippen LogP contribution in [0.3, 0.4) is 0 Å². The molecule has 0 spiro atoms. The molecule has 0 bridgehead atoms. The van der Waals surface area contributed by atoms with Crippen LogP contribution in [0.5, 0.6) is 0 Å². The summed E-state index contributed by atoms with van der Waals surface area (Å²) in [5.41, 5.74) is 2.87. The Morgan fingerprint density at radius 3 is 2.57 bits per heavy atom. The fraction of sp³-hybridized carbons (Fsp3) is 0.611. The van der Waals surface area contributed by atoms with Gasteiger partial charge in [-0.2, -0.15) is 0 Å². The molecule has 1 heterocycles. The average molecular weight is 286 g/mol. The predicted octanol–water partition coefficient (Wildman–Crippen LogP) is 2.53. The molecule has 1 amide bonds. The largest absolute Gasteiger partial charge is 0.336 e. The van der Waals surface area contributed by atoms with Crippen LogP contribution < -0.4 is 5.32 Å². The number of hydrogen-bond donors (Lipinski definition) is 1. The first-order chi connectivity index (χ1) is 10.3. The van der Waals surface area contributed by atoms with Crippen LogP contribution >= 0.6 is 0 Å². The van der Waals surface area contributed by atoms with Crippen molar-refractivity contribution < 1.29 is 4.79 Å². The molecular formula is C18H26N2O. The summed E-state index contributed by atoms with van der Waals surface area (Å²) in [4.78, 5) is 14.5. The van der Waals surface area contributed by atoms with Gasteiger partial charge in [-0.15, -0.1) is 0 Å². The highest BCUT2D eigenvalue weighted by Crippen LogP contribution is 2.32. The second kappa shape index (κ2) is 6.61. The number of hydrogen-bond acceptors (Lipinski definition) is 2. The third kappa shape index (κ3) is 3.13. The summed E-state index contributed by atoms with van der Waals surface area (Å²) in [5, 5.41) is 3.47. The molecule has 1 N–H and O–H groups in total. The molecule has 114 valence electrons. The zero-order chi connectivity index (χ0) is 14.7. The van der Waals surface area contributed by atoms with Gasteiger partial charge in [0.15, 0.2) is 0 Å². The molecule has 3 rings (SSSR count). The molecule has 1 aliphatic carbocycles. The Hall–Kier alpha value is -1.35. The molecule has 2 aliphatic rings. The van der Waals surface area contributed by atoms with Gasteiger partial charge in [0.05, 0.1) is 0 Å². The van der Waals surface area contributed by atoms with Crippen LogP contribution in [-0.2, 0) is 17.6 Å². The number of rotatable bonds is 6. The van der Waals surface area contributed by atoms with Crippen molar-refractivity contribution in [1.29, 1.82) is 0 Å². The van der Waals surface area contributed by atoms with Gasteiger partial charge >= 0.3 is 0 Å². The molecule has 21 heavy (non-hydrogen) atoms. The monoisotopic (exact) mass is 286 g/mol. The fourth-order valence-corrected chi connectivity index (χ4v) is 3.85. The van der Waals surface area contributed by atoms with Crippen LogP contribution in [0.2, 0.25) is 0 Å². The van der Waals surface area contributed by atoms with Gasteiger partial charge in [-0.1, -0.05) is 31.2 Å². The lowest BCUT2D eigenvalue weighted by Gasteiger charge is -2.31. The summed E-state index contributed by atoms with van der Waals surface area (Å²) in [6.07, 6.45) is 6.14. The number of carbonyl (C=O) groups excluding carboxylic acids is 1. The van der Waals surface area contributed by atoms with Gasteiger partial charge in [-0.05, 0) is 56.3 Å². The summed E-state index contributed by atoms with van der Waals surface area (Å²) in [6, 6.07) is 9.49. The average Bonchev–Trinajstić information content (AvgIpc) is 3.06. The van der Waals surface area contributed by atoms with E-state index in [0.717, 1.165) is 45.2 Å². The highest BCUT2D eigenvalue weighted by molar-refractivity contribution is 5.79. The molecule has 3 nitrogen and oxygen atoms in total. The molecule has 0 saturated carbocycles. The van der Waals surface area contributed by atoms with E-state index in [1.807, 2.05) is 0 Å². The SMILES string of the molecule is CCCNCCC1CCC(=O)N1C1Cc2ccccc2C1. The van der Waals surface area contributed by atoms with Gasteiger partial charge in [0, 0.05) is 18.5 Å². The molecule has 1 aromatic rings. The molecule has 1 aromatic carbocycles. The third-order valence-corrected chi connectivity index (χ3v) is 4.88. The summed E-state index contributed by atoms with van der Waals surface area (Å²) in [5.74, 6) is 0.369. The smallest absolute Gasteiger partial charge is 0.223 e. The first-order valence-electron chi connectivity index (χ1n) is 8.38. The number of nitrogens with zero attached hydrogens (tertiary/aromatic N) is 1. The Kier molecular flexibility index (Phi) is 4.59. The number of likely N-dealkylation sites (tertiary alicyclic amines) is 1. The van der Waals surface area contributed by atoms with E-state index in [9.17, 15) is 4.79 Å². The van der Waals surface area contributed by atoms with Crippen LogP contribution in [0.25, 0.3) is 0 Å². The Labute approximate surface area is 127 Å². The predicted molar refractivity (Wildman–Crippen MR) is 85.3 cm³/mol. The van der Waals surface area contributed by atoms with Crippen molar-refractivity contribution >= 4 is 5.91 Å². The van der Waals surface area contributed by atoms with Crippen molar-refractivity contribution in [2.24, 2.45) is 0 Å². The molecule has 0 aromatic heterocycles. The minimum Gasteiger partial charge on any atom is -0.336 e. The molecule has 1 aliphatic heterocycles. The zero-order valence-corrected chi connectivity index (χ0v) is 13.0. The van der Waals surface area contributed by atoms with E-state index in [1.54, 1.807) is 0 Å². The van der Waals surface area contributed by atoms with Gasteiger partial charge in [-0.3, -0.25) is 4.79 Å². The van der Waals surface area contributed by atoms with Crippen molar-refractivity contribution in [2.45, 2.75) is 57.5 Å². The third-order valence-electron chi connectivity index (χ3n) is 4.88. The van der Waals surface area contributed by atoms with Crippen LogP contribution in [-0.4, -0.2) is 36.0 Å². The number of nitrogens with one attached hydrogen (secondary N) is 1. The summed E-state index contributed by atoms with van der Waals surface area (Å²) < 4.78 is 0. The van der Waals surface area contributed by atoms with Gasteiger partial charge in [0.2, 0.25) is 5.91 Å². The lowest BCUT2D eigenvalue weighted by atomic mass is 10.1. The second-order valence-electron chi connectivity index (χ2n) is 6.36. The maximum atomic E-state index is 12.3. The molecule has 1 saturated heterocycles. The van der Waals surface area contributed by atoms with Gasteiger partial charge < -0.3 is 10.2 Å². The van der Waals surface area contributed by atoms with E-state index in [2.05, 4.69) is 41.4 Å². The number of benzene rings is 1. The highest BCUT2D eigenvalue weighted by atomic mass is 16.2. The first-order valence-corrected chi connectivity index (χ1v) is 8.38. The minimum absolute atomic E-state index is 0.369. The van der Waals surface area contributed by atoms with Crippen LogP contribution in [0, 0.1) is 0 Å². The minimum atomic E-state index is 0.369. The van der Waals surface area contributed by atoms with Crippen molar-refractivity contribution in [3.8, 4) is 0 Å². The Balaban J connectivity index is 1.61. The Bertz CT molecular complexity index is 475. The zero-order valence-electron chi connectivity index (χ0n) is 13.0. The molecule has 3 heteroatoms. The maximum Gasteiger partial charge on any atom is 0.223 e. The van der Waals surface area contributed by atoms with Crippen molar-refractivity contribution in [1.82, 2.24) is 10.2 Å². The quantitative estimate of drug-likeness (QED) is 0.815. The summed E-state index contributed by atoms with van der Waals surface area (Å²) >= 11 is 0. The van der Waals surface area contributed by atoms with Crippen LogP contribution in [0.4, 0.5) is 0 Å². The number of carbonyl (C=O) groups is 1. The lowest BCUT2D eigenvalue weighted by molar-refractivity contribution is -0.131. The summed E-state index contributed by atoms with van der Waals surface area (Å²) in [7, 11) is 0. The van der Waals surface area contributed by atoms with Crippen molar-refractivity contribution in [3.63, 3.8) is 0 Å². The fourth-order valence-electron chi connectivity index (χ4n) is 3.85. The van der Waals surface area contributed by atoms with E-state index < -0.39 is 0 Å². The standard InChI is InChI=1S/C18H26N2O/c1-2-10-19-11-9-16-7-8-18(21)20(16)17-12-14-5-3-4-6-15(14)13-17/h3-6,16-17,19H,2,7-13H2,1H3. The molecule has 1 fully saturated rings. The van der Waals surface area contributed by atoms with Crippen LogP contribution in [0.1, 0.15) is 43.7 Å². The van der Waals surface area contributed by atoms with Crippen molar-refractivity contribution in [2.75, 3.05) is 13.1 Å². The number of amides is 1. The van der Waals surface area contributed by atoms with Gasteiger partial charge in [-0.25, -0.2) is 0 Å². The van der Waals surface area contributed by atoms with E-state index in [0.29, 0.717) is 18.0 Å². The molecule has 1 atom stereocenters. The van der Waals surface area contributed by atoms with E-state index in [1.165, 1.54) is 17.5 Å². The topological polar surface area (TPSA) is 32.3 Å². The number of fused-ring (bicyclic) bond motifs is 1.